The quantitative estimate of drug-likeness (QED) is 0.894. The molecule has 0 aliphatic heterocycles. The van der Waals surface area contributed by atoms with Crippen LogP contribution in [0.15, 0.2) is 21.2 Å². The van der Waals surface area contributed by atoms with E-state index in [0.717, 1.165) is 16.3 Å². The van der Waals surface area contributed by atoms with E-state index in [-0.39, 0.29) is 0 Å². The first kappa shape index (κ1) is 10.2. The van der Waals surface area contributed by atoms with Crippen molar-refractivity contribution in [2.75, 3.05) is 0 Å². The molecule has 0 spiro atoms. The van der Waals surface area contributed by atoms with E-state index >= 15 is 0 Å². The summed E-state index contributed by atoms with van der Waals surface area (Å²) in [4.78, 5) is 0. The van der Waals surface area contributed by atoms with Gasteiger partial charge >= 0.3 is 0 Å². The fourth-order valence-corrected chi connectivity index (χ4v) is 2.19. The molecule has 1 aliphatic carbocycles. The van der Waals surface area contributed by atoms with E-state index in [9.17, 15) is 0 Å². The van der Waals surface area contributed by atoms with Gasteiger partial charge in [0.25, 0.3) is 0 Å². The molecule has 0 saturated heterocycles. The summed E-state index contributed by atoms with van der Waals surface area (Å²) in [5, 5.41) is 3.57. The number of halogens is 1. The van der Waals surface area contributed by atoms with Crippen LogP contribution in [-0.2, 0) is 0 Å². The van der Waals surface area contributed by atoms with Crippen LogP contribution < -0.4 is 5.32 Å². The van der Waals surface area contributed by atoms with Crippen molar-refractivity contribution in [2.24, 2.45) is 5.92 Å². The molecule has 1 aliphatic rings. The molecule has 0 amide bonds. The van der Waals surface area contributed by atoms with Gasteiger partial charge in [0.05, 0.1) is 6.04 Å². The van der Waals surface area contributed by atoms with E-state index in [2.05, 4.69) is 35.1 Å². The lowest BCUT2D eigenvalue weighted by molar-refractivity contribution is 0.411. The Balaban J connectivity index is 1.87. The van der Waals surface area contributed by atoms with Crippen molar-refractivity contribution in [2.45, 2.75) is 38.8 Å². The molecular formula is C11H16BrNO. The lowest BCUT2D eigenvalue weighted by atomic mass is 10.2. The van der Waals surface area contributed by atoms with Crippen LogP contribution in [0, 0.1) is 5.92 Å². The molecule has 2 rings (SSSR count). The standard InChI is InChI=1S/C11H16BrNO/c1-3-8-6-9(8)13-7(2)10-4-5-11(12)14-10/h4-5,7-9,13H,3,6H2,1-2H3. The van der Waals surface area contributed by atoms with Crippen LogP contribution in [-0.4, -0.2) is 6.04 Å². The Morgan fingerprint density at radius 3 is 2.93 bits per heavy atom. The van der Waals surface area contributed by atoms with Crippen LogP contribution in [0.3, 0.4) is 0 Å². The molecule has 1 aromatic rings. The summed E-state index contributed by atoms with van der Waals surface area (Å²) in [6, 6.07) is 4.99. The Morgan fingerprint density at radius 2 is 2.43 bits per heavy atom. The van der Waals surface area contributed by atoms with E-state index in [1.54, 1.807) is 0 Å². The normalized spacial score (nSPS) is 27.6. The van der Waals surface area contributed by atoms with Gasteiger partial charge in [-0.1, -0.05) is 13.3 Å². The van der Waals surface area contributed by atoms with Crippen molar-refractivity contribution < 1.29 is 4.42 Å². The molecule has 14 heavy (non-hydrogen) atoms. The second-order valence-corrected chi connectivity index (χ2v) is 4.82. The fraction of sp³-hybridized carbons (Fsp3) is 0.636. The van der Waals surface area contributed by atoms with E-state index in [1.165, 1.54) is 12.8 Å². The first-order valence-corrected chi connectivity index (χ1v) is 6.01. The summed E-state index contributed by atoms with van der Waals surface area (Å²) in [5.41, 5.74) is 0. The summed E-state index contributed by atoms with van der Waals surface area (Å²) in [6.45, 7) is 4.40. The molecule has 0 bridgehead atoms. The fourth-order valence-electron chi connectivity index (χ4n) is 1.87. The Hall–Kier alpha value is -0.280. The van der Waals surface area contributed by atoms with Crippen LogP contribution in [0.5, 0.6) is 0 Å². The summed E-state index contributed by atoms with van der Waals surface area (Å²) in [7, 11) is 0. The van der Waals surface area contributed by atoms with E-state index in [1.807, 2.05) is 12.1 Å². The van der Waals surface area contributed by atoms with Crippen molar-refractivity contribution in [3.05, 3.63) is 22.6 Å². The SMILES string of the molecule is CCC1CC1NC(C)c1ccc(Br)o1. The van der Waals surface area contributed by atoms with E-state index < -0.39 is 0 Å². The maximum atomic E-state index is 5.50. The zero-order chi connectivity index (χ0) is 10.1. The lowest BCUT2D eigenvalue weighted by Crippen LogP contribution is -2.21. The van der Waals surface area contributed by atoms with Gasteiger partial charge in [-0.25, -0.2) is 0 Å². The Bertz CT molecular complexity index is 310. The molecule has 2 nitrogen and oxygen atoms in total. The van der Waals surface area contributed by atoms with Gasteiger partial charge in [-0.15, -0.1) is 0 Å². The molecule has 3 unspecified atom stereocenters. The summed E-state index contributed by atoms with van der Waals surface area (Å²) in [6.07, 6.45) is 2.61. The number of furan rings is 1. The monoisotopic (exact) mass is 257 g/mol. The van der Waals surface area contributed by atoms with Gasteiger partial charge in [0, 0.05) is 6.04 Å². The zero-order valence-corrected chi connectivity index (χ0v) is 10.2. The van der Waals surface area contributed by atoms with Gasteiger partial charge in [-0.3, -0.25) is 0 Å². The first-order chi connectivity index (χ1) is 6.70. The highest BCUT2D eigenvalue weighted by atomic mass is 79.9. The van der Waals surface area contributed by atoms with E-state index in [0.29, 0.717) is 12.1 Å². The van der Waals surface area contributed by atoms with Crippen molar-refractivity contribution in [1.82, 2.24) is 5.32 Å². The number of hydrogen-bond acceptors (Lipinski definition) is 2. The molecule has 0 aromatic carbocycles. The predicted octanol–water partition coefficient (Wildman–Crippen LogP) is 3.49. The highest BCUT2D eigenvalue weighted by Gasteiger charge is 2.36. The number of nitrogens with one attached hydrogen (secondary N) is 1. The first-order valence-electron chi connectivity index (χ1n) is 5.22. The van der Waals surface area contributed by atoms with Crippen LogP contribution >= 0.6 is 15.9 Å². The third-order valence-corrected chi connectivity index (χ3v) is 3.36. The summed E-state index contributed by atoms with van der Waals surface area (Å²) >= 11 is 3.31. The van der Waals surface area contributed by atoms with Crippen molar-refractivity contribution in [3.63, 3.8) is 0 Å². The number of hydrogen-bond donors (Lipinski definition) is 1. The maximum absolute atomic E-state index is 5.50. The largest absolute Gasteiger partial charge is 0.453 e. The van der Waals surface area contributed by atoms with Crippen molar-refractivity contribution >= 4 is 15.9 Å². The topological polar surface area (TPSA) is 25.2 Å². The van der Waals surface area contributed by atoms with Crippen molar-refractivity contribution in [1.29, 1.82) is 0 Å². The average Bonchev–Trinajstić information content (AvgIpc) is 2.77. The van der Waals surface area contributed by atoms with Gasteiger partial charge in [0.1, 0.15) is 5.76 Å². The molecule has 1 fully saturated rings. The molecule has 1 heterocycles. The molecular weight excluding hydrogens is 242 g/mol. The number of rotatable bonds is 4. The van der Waals surface area contributed by atoms with Gasteiger partial charge in [-0.2, -0.15) is 0 Å². The maximum Gasteiger partial charge on any atom is 0.169 e. The molecule has 3 atom stereocenters. The lowest BCUT2D eigenvalue weighted by Gasteiger charge is -2.10. The highest BCUT2D eigenvalue weighted by Crippen LogP contribution is 2.35. The molecule has 1 aromatic heterocycles. The third-order valence-electron chi connectivity index (χ3n) is 2.93. The summed E-state index contributed by atoms with van der Waals surface area (Å²) < 4.78 is 6.31. The van der Waals surface area contributed by atoms with Gasteiger partial charge in [0.15, 0.2) is 4.67 Å². The summed E-state index contributed by atoms with van der Waals surface area (Å²) in [5.74, 6) is 1.90. The van der Waals surface area contributed by atoms with Crippen molar-refractivity contribution in [3.8, 4) is 0 Å². The molecule has 0 radical (unpaired) electrons. The minimum absolute atomic E-state index is 0.322. The molecule has 3 heteroatoms. The predicted molar refractivity (Wildman–Crippen MR) is 60.1 cm³/mol. The second-order valence-electron chi connectivity index (χ2n) is 4.04. The Morgan fingerprint density at radius 1 is 1.64 bits per heavy atom. The molecule has 1 N–H and O–H groups in total. The molecule has 78 valence electrons. The minimum atomic E-state index is 0.322. The third kappa shape index (κ3) is 2.20. The van der Waals surface area contributed by atoms with Crippen LogP contribution in [0.25, 0.3) is 0 Å². The van der Waals surface area contributed by atoms with Crippen LogP contribution in [0.1, 0.15) is 38.5 Å². The zero-order valence-electron chi connectivity index (χ0n) is 8.59. The van der Waals surface area contributed by atoms with Crippen LogP contribution in [0.4, 0.5) is 0 Å². The highest BCUT2D eigenvalue weighted by molar-refractivity contribution is 9.10. The average molecular weight is 258 g/mol. The minimum Gasteiger partial charge on any atom is -0.453 e. The van der Waals surface area contributed by atoms with Gasteiger partial charge in [0.2, 0.25) is 0 Å². The van der Waals surface area contributed by atoms with Gasteiger partial charge < -0.3 is 9.73 Å². The van der Waals surface area contributed by atoms with Crippen LogP contribution in [0.2, 0.25) is 0 Å². The Labute approximate surface area is 93.2 Å². The van der Waals surface area contributed by atoms with E-state index in [4.69, 9.17) is 4.42 Å². The smallest absolute Gasteiger partial charge is 0.169 e. The van der Waals surface area contributed by atoms with Gasteiger partial charge in [-0.05, 0) is 47.3 Å². The second kappa shape index (κ2) is 4.07. The molecule has 1 saturated carbocycles. The Kier molecular flexibility index (Phi) is 2.98.